The fraction of sp³-hybridized carbons (Fsp3) is 0.625. The number of aryl methyl sites for hydroxylation is 1. The van der Waals surface area contributed by atoms with Gasteiger partial charge < -0.3 is 4.42 Å². The zero-order valence-electron chi connectivity index (χ0n) is 7.23. The lowest BCUT2D eigenvalue weighted by molar-refractivity contribution is 0.392. The Morgan fingerprint density at radius 3 is 2.09 bits per heavy atom. The SMILES string of the molecule is Cc1nc(Br)oc1C(C)(C)C. The van der Waals surface area contributed by atoms with E-state index in [9.17, 15) is 0 Å². The van der Waals surface area contributed by atoms with Crippen LogP contribution in [-0.2, 0) is 5.41 Å². The predicted octanol–water partition coefficient (Wildman–Crippen LogP) is 3.04. The van der Waals surface area contributed by atoms with Gasteiger partial charge in [0, 0.05) is 21.3 Å². The van der Waals surface area contributed by atoms with Crippen molar-refractivity contribution in [1.29, 1.82) is 0 Å². The first-order valence-electron chi connectivity index (χ1n) is 3.54. The van der Waals surface area contributed by atoms with Crippen molar-refractivity contribution < 1.29 is 4.42 Å². The van der Waals surface area contributed by atoms with Gasteiger partial charge in [-0.2, -0.15) is 0 Å². The van der Waals surface area contributed by atoms with E-state index in [1.807, 2.05) is 6.92 Å². The largest absolute Gasteiger partial charge is 0.435 e. The number of rotatable bonds is 0. The Morgan fingerprint density at radius 2 is 1.91 bits per heavy atom. The summed E-state index contributed by atoms with van der Waals surface area (Å²) in [5.74, 6) is 0.948. The third-order valence-corrected chi connectivity index (χ3v) is 1.79. The Bertz CT molecular complexity index is 260. The van der Waals surface area contributed by atoms with E-state index >= 15 is 0 Å². The molecule has 0 atom stereocenters. The summed E-state index contributed by atoms with van der Waals surface area (Å²) in [5, 5.41) is 0. The summed E-state index contributed by atoms with van der Waals surface area (Å²) >= 11 is 3.20. The van der Waals surface area contributed by atoms with Gasteiger partial charge in [0.2, 0.25) is 0 Å². The van der Waals surface area contributed by atoms with E-state index in [-0.39, 0.29) is 5.41 Å². The Morgan fingerprint density at radius 1 is 1.36 bits per heavy atom. The summed E-state index contributed by atoms with van der Waals surface area (Å²) in [4.78, 5) is 4.70. The van der Waals surface area contributed by atoms with Crippen molar-refractivity contribution in [1.82, 2.24) is 4.98 Å². The summed E-state index contributed by atoms with van der Waals surface area (Å²) in [6.07, 6.45) is 0. The molecule has 0 N–H and O–H groups in total. The minimum absolute atomic E-state index is 0.0447. The third-order valence-electron chi connectivity index (χ3n) is 1.45. The van der Waals surface area contributed by atoms with Crippen LogP contribution in [0.25, 0.3) is 0 Å². The van der Waals surface area contributed by atoms with Crippen molar-refractivity contribution in [3.63, 3.8) is 0 Å². The van der Waals surface area contributed by atoms with Crippen LogP contribution in [0.3, 0.4) is 0 Å². The van der Waals surface area contributed by atoms with Crippen LogP contribution in [0.4, 0.5) is 0 Å². The van der Waals surface area contributed by atoms with Gasteiger partial charge in [-0.15, -0.1) is 0 Å². The molecule has 0 unspecified atom stereocenters. The monoisotopic (exact) mass is 217 g/mol. The van der Waals surface area contributed by atoms with Crippen LogP contribution in [0.1, 0.15) is 32.2 Å². The maximum atomic E-state index is 5.38. The summed E-state index contributed by atoms with van der Waals surface area (Å²) in [6.45, 7) is 8.27. The molecule has 1 aromatic heterocycles. The highest BCUT2D eigenvalue weighted by Gasteiger charge is 2.21. The van der Waals surface area contributed by atoms with Gasteiger partial charge in [0.1, 0.15) is 5.76 Å². The number of aromatic nitrogens is 1. The van der Waals surface area contributed by atoms with E-state index in [4.69, 9.17) is 4.42 Å². The second kappa shape index (κ2) is 2.63. The van der Waals surface area contributed by atoms with Gasteiger partial charge in [0.25, 0.3) is 4.80 Å². The number of hydrogen-bond donors (Lipinski definition) is 0. The molecule has 2 nitrogen and oxygen atoms in total. The number of halogens is 1. The highest BCUT2D eigenvalue weighted by atomic mass is 79.9. The lowest BCUT2D eigenvalue weighted by atomic mass is 9.92. The molecule has 0 aromatic carbocycles. The van der Waals surface area contributed by atoms with E-state index in [1.54, 1.807) is 0 Å². The van der Waals surface area contributed by atoms with E-state index in [0.717, 1.165) is 11.5 Å². The van der Waals surface area contributed by atoms with E-state index in [1.165, 1.54) is 0 Å². The topological polar surface area (TPSA) is 26.0 Å². The van der Waals surface area contributed by atoms with Crippen LogP contribution in [0, 0.1) is 6.92 Å². The van der Waals surface area contributed by atoms with E-state index in [0.29, 0.717) is 4.80 Å². The third kappa shape index (κ3) is 1.83. The van der Waals surface area contributed by atoms with Crippen molar-refractivity contribution in [2.45, 2.75) is 33.1 Å². The maximum Gasteiger partial charge on any atom is 0.264 e. The van der Waals surface area contributed by atoms with Crippen LogP contribution in [-0.4, -0.2) is 4.98 Å². The van der Waals surface area contributed by atoms with E-state index < -0.39 is 0 Å². The molecular formula is C8H12BrNO. The molecule has 3 heteroatoms. The van der Waals surface area contributed by atoms with Crippen molar-refractivity contribution in [3.8, 4) is 0 Å². The highest BCUT2D eigenvalue weighted by Crippen LogP contribution is 2.27. The molecule has 0 amide bonds. The Hall–Kier alpha value is -0.310. The summed E-state index contributed by atoms with van der Waals surface area (Å²) in [7, 11) is 0. The van der Waals surface area contributed by atoms with Crippen molar-refractivity contribution in [2.24, 2.45) is 0 Å². The fourth-order valence-corrected chi connectivity index (χ4v) is 1.49. The minimum Gasteiger partial charge on any atom is -0.435 e. The molecule has 0 bridgehead atoms. The highest BCUT2D eigenvalue weighted by molar-refractivity contribution is 9.10. The molecular weight excluding hydrogens is 206 g/mol. The fourth-order valence-electron chi connectivity index (χ4n) is 1.06. The van der Waals surface area contributed by atoms with Crippen LogP contribution in [0.5, 0.6) is 0 Å². The molecule has 0 saturated heterocycles. The molecule has 11 heavy (non-hydrogen) atoms. The standard InChI is InChI=1S/C8H12BrNO/c1-5-6(8(2,3)4)11-7(9)10-5/h1-4H3. The Balaban J connectivity index is 3.13. The molecule has 0 spiro atoms. The second-order valence-corrected chi connectivity index (χ2v) is 4.31. The van der Waals surface area contributed by atoms with Crippen LogP contribution in [0.15, 0.2) is 9.22 Å². The Kier molecular flexibility index (Phi) is 2.10. The molecule has 0 radical (unpaired) electrons. The average Bonchev–Trinajstić information content (AvgIpc) is 2.08. The average molecular weight is 218 g/mol. The van der Waals surface area contributed by atoms with Gasteiger partial charge in [0.05, 0.1) is 5.69 Å². The second-order valence-electron chi connectivity index (χ2n) is 3.63. The normalized spacial score (nSPS) is 12.1. The zero-order valence-corrected chi connectivity index (χ0v) is 8.82. The number of hydrogen-bond acceptors (Lipinski definition) is 2. The summed E-state index contributed by atoms with van der Waals surface area (Å²) < 4.78 is 5.38. The van der Waals surface area contributed by atoms with Crippen LogP contribution >= 0.6 is 15.9 Å². The van der Waals surface area contributed by atoms with Crippen molar-refractivity contribution in [3.05, 3.63) is 16.3 Å². The lowest BCUT2D eigenvalue weighted by Crippen LogP contribution is -2.11. The molecule has 0 aliphatic carbocycles. The quantitative estimate of drug-likeness (QED) is 0.668. The maximum absolute atomic E-state index is 5.38. The smallest absolute Gasteiger partial charge is 0.264 e. The summed E-state index contributed by atoms with van der Waals surface area (Å²) in [6, 6.07) is 0. The molecule has 1 rings (SSSR count). The summed E-state index contributed by atoms with van der Waals surface area (Å²) in [5.41, 5.74) is 1.01. The van der Waals surface area contributed by atoms with Crippen LogP contribution in [0.2, 0.25) is 0 Å². The molecule has 62 valence electrons. The number of nitrogens with zero attached hydrogens (tertiary/aromatic N) is 1. The van der Waals surface area contributed by atoms with Gasteiger partial charge in [-0.3, -0.25) is 0 Å². The number of oxazole rings is 1. The molecule has 0 aliphatic heterocycles. The zero-order chi connectivity index (χ0) is 8.65. The molecule has 0 aliphatic rings. The van der Waals surface area contributed by atoms with Gasteiger partial charge >= 0.3 is 0 Å². The Labute approximate surface area is 75.1 Å². The van der Waals surface area contributed by atoms with Crippen LogP contribution < -0.4 is 0 Å². The van der Waals surface area contributed by atoms with Gasteiger partial charge in [-0.1, -0.05) is 20.8 Å². The first-order valence-corrected chi connectivity index (χ1v) is 4.34. The van der Waals surface area contributed by atoms with E-state index in [2.05, 4.69) is 41.7 Å². The lowest BCUT2D eigenvalue weighted by Gasteiger charge is -2.14. The van der Waals surface area contributed by atoms with Crippen molar-refractivity contribution >= 4 is 15.9 Å². The van der Waals surface area contributed by atoms with Crippen molar-refractivity contribution in [2.75, 3.05) is 0 Å². The molecule has 1 heterocycles. The molecule has 0 fully saturated rings. The molecule has 0 saturated carbocycles. The predicted molar refractivity (Wildman–Crippen MR) is 47.6 cm³/mol. The van der Waals surface area contributed by atoms with Gasteiger partial charge in [-0.25, -0.2) is 4.98 Å². The first kappa shape index (κ1) is 8.78. The van der Waals surface area contributed by atoms with Gasteiger partial charge in [-0.05, 0) is 6.92 Å². The van der Waals surface area contributed by atoms with Gasteiger partial charge in [0.15, 0.2) is 0 Å². The minimum atomic E-state index is 0.0447. The molecule has 1 aromatic rings. The first-order chi connectivity index (χ1) is 4.91.